The van der Waals surface area contributed by atoms with E-state index in [0.29, 0.717) is 32.9 Å². The summed E-state index contributed by atoms with van der Waals surface area (Å²) in [6.07, 6.45) is 3.96. The van der Waals surface area contributed by atoms with E-state index >= 15 is 0 Å². The first-order valence-electron chi connectivity index (χ1n) is 10.2. The number of nitrogens with zero attached hydrogens (tertiary/aromatic N) is 3. The maximum absolute atomic E-state index is 12.9. The third kappa shape index (κ3) is 6.25. The molecule has 2 N–H and O–H groups in total. The molecule has 0 saturated carbocycles. The molecule has 0 aromatic heterocycles. The minimum Gasteiger partial charge on any atom is -0.696 e. The van der Waals surface area contributed by atoms with Crippen LogP contribution in [0.3, 0.4) is 0 Å². The van der Waals surface area contributed by atoms with Crippen LogP contribution >= 0.6 is 34.8 Å². The normalized spacial score (nSPS) is 18.2. The van der Waals surface area contributed by atoms with Gasteiger partial charge in [0.2, 0.25) is 0 Å². The van der Waals surface area contributed by atoms with Crippen molar-refractivity contribution in [2.45, 2.75) is 31.7 Å². The van der Waals surface area contributed by atoms with Gasteiger partial charge in [0.15, 0.2) is 0 Å². The first-order chi connectivity index (χ1) is 15.4. The Labute approximate surface area is 208 Å². The minimum absolute atomic E-state index is 0.131. The Morgan fingerprint density at radius 3 is 2.34 bits per heavy atom. The monoisotopic (exact) mass is 509 g/mol. The van der Waals surface area contributed by atoms with Crippen molar-refractivity contribution in [1.82, 2.24) is 5.43 Å². The molecule has 2 aliphatic rings. The number of carbonyl (C=O) groups excluding carboxylic acids is 1. The van der Waals surface area contributed by atoms with Crippen LogP contribution in [0.1, 0.15) is 37.3 Å². The van der Waals surface area contributed by atoms with E-state index in [2.05, 4.69) is 23.2 Å². The second kappa shape index (κ2) is 11.7. The van der Waals surface area contributed by atoms with Gasteiger partial charge in [0, 0.05) is 16.5 Å². The third-order valence-electron chi connectivity index (χ3n) is 5.33. The predicted octanol–water partition coefficient (Wildman–Crippen LogP) is 4.07. The fourth-order valence-electron chi connectivity index (χ4n) is 3.82. The van der Waals surface area contributed by atoms with Gasteiger partial charge in [-0.1, -0.05) is 52.3 Å². The standard InChI is InChI=1S/C21H21Cl3N4O.CHNS/c22-15-6-4-14(5-7-15)20-13-18(21(29)26-27-10-2-1-3-11-27)25-28(20)19-9-8-16(23)12-17(19)24;2-1-3/h4-9,12,20H,1-3,10-11,13H2,(H,26,29);3H/t20-;/m0./s1. The second-order valence-electron chi connectivity index (χ2n) is 7.47. The Morgan fingerprint density at radius 2 is 1.72 bits per heavy atom. The Kier molecular flexibility index (Phi) is 8.97. The average Bonchev–Trinajstić information content (AvgIpc) is 3.21. The molecule has 1 amide bonds. The molecular formula is C22H22Cl3N5OS. The maximum atomic E-state index is 12.9. The molecule has 4 rings (SSSR count). The number of piperidine rings is 1. The molecule has 2 aromatic carbocycles. The molecule has 0 unspecified atom stereocenters. The Bertz CT molecular complexity index is 1020. The fraction of sp³-hybridized carbons (Fsp3) is 0.318. The Morgan fingerprint density at radius 1 is 1.09 bits per heavy atom. The first kappa shape index (κ1) is 24.6. The van der Waals surface area contributed by atoms with Crippen LogP contribution in [-0.4, -0.2) is 24.7 Å². The van der Waals surface area contributed by atoms with E-state index in [-0.39, 0.29) is 11.9 Å². The lowest BCUT2D eigenvalue weighted by Crippen LogP contribution is -3.20. The molecule has 2 heterocycles. The summed E-state index contributed by atoms with van der Waals surface area (Å²) in [6, 6.07) is 12.7. The van der Waals surface area contributed by atoms with Crippen molar-refractivity contribution in [3.8, 4) is 5.40 Å². The lowest BCUT2D eigenvalue weighted by molar-refractivity contribution is -0.940. The van der Waals surface area contributed by atoms with Gasteiger partial charge in [-0.2, -0.15) is 10.5 Å². The van der Waals surface area contributed by atoms with Gasteiger partial charge < -0.3 is 12.6 Å². The summed E-state index contributed by atoms with van der Waals surface area (Å²) in [4.78, 5) is 12.9. The Balaban J connectivity index is 0.000000913. The predicted molar refractivity (Wildman–Crippen MR) is 131 cm³/mol. The van der Waals surface area contributed by atoms with E-state index in [1.807, 2.05) is 35.3 Å². The van der Waals surface area contributed by atoms with Crippen LogP contribution in [0.2, 0.25) is 15.1 Å². The minimum atomic E-state index is -0.150. The molecule has 2 aromatic rings. The van der Waals surface area contributed by atoms with E-state index in [0.717, 1.165) is 36.5 Å². The number of amides is 1. The van der Waals surface area contributed by atoms with Gasteiger partial charge in [0.05, 0.1) is 29.8 Å². The molecule has 1 atom stereocenters. The highest BCUT2D eigenvalue weighted by Crippen LogP contribution is 2.39. The van der Waals surface area contributed by atoms with Gasteiger partial charge in [-0.05, 0) is 55.2 Å². The molecule has 1 saturated heterocycles. The SMILES string of the molecule is N#C[S-].O=C(N[NH+]1CCCCC1)C1=NN(c2ccc(Cl)cc2Cl)[C@H](c2ccc(Cl)cc2)C1. The van der Waals surface area contributed by atoms with E-state index in [4.69, 9.17) is 40.1 Å². The van der Waals surface area contributed by atoms with Crippen LogP contribution < -0.4 is 15.4 Å². The Hall–Kier alpha value is -2.08. The van der Waals surface area contributed by atoms with E-state index in [1.165, 1.54) is 11.8 Å². The summed E-state index contributed by atoms with van der Waals surface area (Å²) in [6.45, 7) is 1.90. The van der Waals surface area contributed by atoms with Crippen LogP contribution in [0.15, 0.2) is 47.6 Å². The van der Waals surface area contributed by atoms with Crippen molar-refractivity contribution in [3.05, 3.63) is 63.1 Å². The molecule has 32 heavy (non-hydrogen) atoms. The number of carbonyl (C=O) groups is 1. The van der Waals surface area contributed by atoms with E-state index in [1.54, 1.807) is 12.1 Å². The lowest BCUT2D eigenvalue weighted by atomic mass is 10.0. The average molecular weight is 511 g/mol. The number of quaternary nitrogens is 1. The van der Waals surface area contributed by atoms with Crippen molar-refractivity contribution in [1.29, 1.82) is 5.26 Å². The molecule has 0 spiro atoms. The molecule has 6 nitrogen and oxygen atoms in total. The molecule has 1 fully saturated rings. The van der Waals surface area contributed by atoms with Crippen molar-refractivity contribution >= 4 is 64.7 Å². The zero-order valence-corrected chi connectivity index (χ0v) is 20.2. The molecule has 0 radical (unpaired) electrons. The summed E-state index contributed by atoms with van der Waals surface area (Å²) >= 11 is 22.3. The van der Waals surface area contributed by atoms with Gasteiger partial charge in [-0.15, -0.1) is 0 Å². The van der Waals surface area contributed by atoms with Crippen LogP contribution in [0, 0.1) is 10.7 Å². The molecule has 10 heteroatoms. The number of nitrogens with one attached hydrogen (secondary N) is 2. The van der Waals surface area contributed by atoms with Crippen LogP contribution in [0.25, 0.3) is 0 Å². The van der Waals surface area contributed by atoms with Gasteiger partial charge in [0.25, 0.3) is 0 Å². The molecule has 0 bridgehead atoms. The maximum Gasteiger partial charge on any atom is 0.312 e. The van der Waals surface area contributed by atoms with Crippen molar-refractivity contribution in [3.63, 3.8) is 0 Å². The first-order valence-corrected chi connectivity index (χ1v) is 11.7. The molecule has 168 valence electrons. The quantitative estimate of drug-likeness (QED) is 0.480. The summed E-state index contributed by atoms with van der Waals surface area (Å²) in [7, 11) is 0. The summed E-state index contributed by atoms with van der Waals surface area (Å²) < 4.78 is 0. The number of rotatable bonds is 4. The number of nitriles is 1. The molecule has 0 aliphatic carbocycles. The zero-order valence-electron chi connectivity index (χ0n) is 17.2. The second-order valence-corrected chi connectivity index (χ2v) is 8.93. The summed E-state index contributed by atoms with van der Waals surface area (Å²) in [5.41, 5.74) is 5.30. The summed E-state index contributed by atoms with van der Waals surface area (Å²) in [5.74, 6) is -0.131. The fourth-order valence-corrected chi connectivity index (χ4v) is 4.44. The lowest BCUT2D eigenvalue weighted by Gasteiger charge is -2.25. The molecular weight excluding hydrogens is 489 g/mol. The molecule has 2 aliphatic heterocycles. The number of thiocyanates is 1. The topological polar surface area (TPSA) is 72.9 Å². The van der Waals surface area contributed by atoms with Gasteiger partial charge in [0.1, 0.15) is 5.71 Å². The van der Waals surface area contributed by atoms with E-state index in [9.17, 15) is 4.79 Å². The number of benzene rings is 2. The highest BCUT2D eigenvalue weighted by atomic mass is 35.5. The number of halogens is 3. The van der Waals surface area contributed by atoms with Crippen molar-refractivity contribution < 1.29 is 9.80 Å². The van der Waals surface area contributed by atoms with Crippen LogP contribution in [0.4, 0.5) is 5.69 Å². The van der Waals surface area contributed by atoms with Gasteiger partial charge in [-0.25, -0.2) is 10.3 Å². The van der Waals surface area contributed by atoms with Gasteiger partial charge in [-0.3, -0.25) is 9.80 Å². The highest BCUT2D eigenvalue weighted by Gasteiger charge is 2.34. The van der Waals surface area contributed by atoms with Crippen molar-refractivity contribution in [2.75, 3.05) is 18.1 Å². The summed E-state index contributed by atoms with van der Waals surface area (Å²) in [5, 5.41) is 17.7. The van der Waals surface area contributed by atoms with Crippen LogP contribution in [0.5, 0.6) is 0 Å². The number of hydrazone groups is 1. The largest absolute Gasteiger partial charge is 0.696 e. The number of anilines is 1. The smallest absolute Gasteiger partial charge is 0.312 e. The third-order valence-corrected chi connectivity index (χ3v) is 6.12. The van der Waals surface area contributed by atoms with E-state index < -0.39 is 0 Å². The van der Waals surface area contributed by atoms with Gasteiger partial charge >= 0.3 is 5.91 Å². The zero-order chi connectivity index (χ0) is 23.1. The highest BCUT2D eigenvalue weighted by molar-refractivity contribution is 7.64. The van der Waals surface area contributed by atoms with Crippen LogP contribution in [-0.2, 0) is 17.4 Å². The number of hydrogen-bond acceptors (Lipinski definition) is 5. The van der Waals surface area contributed by atoms with Crippen molar-refractivity contribution in [2.24, 2.45) is 5.10 Å². The number of hydrogen-bond donors (Lipinski definition) is 2.